The second-order valence-corrected chi connectivity index (χ2v) is 2.17. The molecule has 6 nitrogen and oxygen atoms in total. The van der Waals surface area contributed by atoms with Crippen molar-refractivity contribution in [1.29, 1.82) is 0 Å². The number of carboxylic acids is 1. The first-order chi connectivity index (χ1) is 5.49. The van der Waals surface area contributed by atoms with Crippen LogP contribution in [-0.4, -0.2) is 35.9 Å². The topological polar surface area (TPSA) is 109 Å². The van der Waals surface area contributed by atoms with Crippen LogP contribution in [0.1, 0.15) is 6.42 Å². The van der Waals surface area contributed by atoms with E-state index in [4.69, 9.17) is 10.8 Å². The quantitative estimate of drug-likeness (QED) is 0.422. The van der Waals surface area contributed by atoms with Gasteiger partial charge in [-0.25, -0.2) is 0 Å². The lowest BCUT2D eigenvalue weighted by atomic mass is 10.1. The van der Waals surface area contributed by atoms with Crippen LogP contribution in [0.25, 0.3) is 0 Å². The van der Waals surface area contributed by atoms with Gasteiger partial charge in [-0.15, -0.1) is 0 Å². The minimum atomic E-state index is -1.35. The molecule has 0 fully saturated rings. The van der Waals surface area contributed by atoms with Crippen molar-refractivity contribution in [3.63, 3.8) is 0 Å². The van der Waals surface area contributed by atoms with Gasteiger partial charge in [0.2, 0.25) is 5.91 Å². The molecule has 4 N–H and O–H groups in total. The smallest absolute Gasteiger partial charge is 0.328 e. The molecule has 0 heterocycles. The normalized spacial score (nSPS) is 12.1. The first kappa shape index (κ1) is 10.6. The van der Waals surface area contributed by atoms with E-state index in [-0.39, 0.29) is 0 Å². The van der Waals surface area contributed by atoms with Crippen LogP contribution < -0.4 is 11.1 Å². The van der Waals surface area contributed by atoms with E-state index in [0.717, 1.165) is 0 Å². The van der Waals surface area contributed by atoms with Crippen LogP contribution in [-0.2, 0) is 14.4 Å². The highest BCUT2D eigenvalue weighted by molar-refractivity contribution is 6.09. The summed E-state index contributed by atoms with van der Waals surface area (Å²) in [5.41, 5.74) is 4.71. The number of hydrogen-bond donors (Lipinski definition) is 3. The lowest BCUT2D eigenvalue weighted by molar-refractivity contribution is -0.143. The Morgan fingerprint density at radius 1 is 1.50 bits per heavy atom. The molecule has 1 atom stereocenters. The van der Waals surface area contributed by atoms with Gasteiger partial charge >= 0.3 is 5.97 Å². The number of nitrogens with two attached hydrogens (primary N) is 1. The number of ketones is 1. The number of carbonyl (C=O) groups excluding carboxylic acids is 2. The van der Waals surface area contributed by atoms with E-state index in [9.17, 15) is 14.4 Å². The summed E-state index contributed by atoms with van der Waals surface area (Å²) in [6, 6.07) is -1.35. The molecule has 0 bridgehead atoms. The molecule has 6 heteroatoms. The molecular weight excluding hydrogens is 164 g/mol. The largest absolute Gasteiger partial charge is 0.480 e. The molecule has 0 aliphatic rings. The Bertz CT molecular complexity index is 214. The standard InChI is InChI=1S/C6H10N2O4/c1-8-5(6(11)12)3(9)2-4(7)10/h5,8H,2H2,1H3,(H2,7,10)(H,11,12)/t5-/m0/s1. The van der Waals surface area contributed by atoms with Crippen LogP contribution in [0.15, 0.2) is 0 Å². The number of aliphatic carboxylic acids is 1. The maximum atomic E-state index is 10.9. The van der Waals surface area contributed by atoms with Crippen molar-refractivity contribution in [2.75, 3.05) is 7.05 Å². The Labute approximate surface area is 68.7 Å². The fourth-order valence-electron chi connectivity index (χ4n) is 0.696. The van der Waals surface area contributed by atoms with E-state index in [1.165, 1.54) is 7.05 Å². The number of hydrogen-bond acceptors (Lipinski definition) is 4. The summed E-state index contributed by atoms with van der Waals surface area (Å²) in [4.78, 5) is 31.4. The fraction of sp³-hybridized carbons (Fsp3) is 0.500. The number of carbonyl (C=O) groups is 3. The van der Waals surface area contributed by atoms with E-state index in [1.54, 1.807) is 0 Å². The molecule has 0 aliphatic carbocycles. The van der Waals surface area contributed by atoms with Crippen molar-refractivity contribution in [1.82, 2.24) is 5.32 Å². The molecular formula is C6H10N2O4. The third-order valence-corrected chi connectivity index (χ3v) is 1.21. The Balaban J connectivity index is 4.22. The van der Waals surface area contributed by atoms with Crippen LogP contribution in [0, 0.1) is 0 Å². The molecule has 0 aromatic rings. The van der Waals surface area contributed by atoms with Crippen molar-refractivity contribution < 1.29 is 19.5 Å². The highest BCUT2D eigenvalue weighted by atomic mass is 16.4. The number of nitrogens with one attached hydrogen (secondary N) is 1. The zero-order valence-corrected chi connectivity index (χ0v) is 6.53. The van der Waals surface area contributed by atoms with Gasteiger partial charge < -0.3 is 16.2 Å². The van der Waals surface area contributed by atoms with E-state index in [1.807, 2.05) is 0 Å². The zero-order valence-electron chi connectivity index (χ0n) is 6.53. The third-order valence-electron chi connectivity index (χ3n) is 1.21. The Morgan fingerprint density at radius 2 is 2.00 bits per heavy atom. The Kier molecular flexibility index (Phi) is 3.92. The minimum Gasteiger partial charge on any atom is -0.480 e. The van der Waals surface area contributed by atoms with Gasteiger partial charge in [0.25, 0.3) is 0 Å². The summed E-state index contributed by atoms with van der Waals surface area (Å²) in [5, 5.41) is 10.7. The monoisotopic (exact) mass is 174 g/mol. The summed E-state index contributed by atoms with van der Waals surface area (Å²) in [7, 11) is 1.32. The maximum absolute atomic E-state index is 10.9. The second-order valence-electron chi connectivity index (χ2n) is 2.17. The lowest BCUT2D eigenvalue weighted by Crippen LogP contribution is -2.42. The van der Waals surface area contributed by atoms with Gasteiger partial charge in [-0.2, -0.15) is 0 Å². The zero-order chi connectivity index (χ0) is 9.72. The predicted octanol–water partition coefficient (Wildman–Crippen LogP) is -1.90. The molecule has 1 amide bonds. The Morgan fingerprint density at radius 3 is 2.25 bits per heavy atom. The lowest BCUT2D eigenvalue weighted by Gasteiger charge is -2.07. The molecule has 0 aliphatic heterocycles. The summed E-state index contributed by atoms with van der Waals surface area (Å²) >= 11 is 0. The van der Waals surface area contributed by atoms with E-state index in [0.29, 0.717) is 0 Å². The number of Topliss-reactive ketones (excluding diaryl/α,β-unsaturated/α-hetero) is 1. The third kappa shape index (κ3) is 3.11. The SMILES string of the molecule is CN[C@H](C(=O)O)C(=O)CC(N)=O. The first-order valence-electron chi connectivity index (χ1n) is 3.20. The first-order valence-corrected chi connectivity index (χ1v) is 3.20. The number of amides is 1. The van der Waals surface area contributed by atoms with Gasteiger partial charge in [-0.05, 0) is 7.05 Å². The van der Waals surface area contributed by atoms with E-state index < -0.39 is 30.1 Å². The average Bonchev–Trinajstić information content (AvgIpc) is 1.85. The van der Waals surface area contributed by atoms with Crippen LogP contribution in [0.5, 0.6) is 0 Å². The molecule has 0 spiro atoms. The van der Waals surface area contributed by atoms with Crippen LogP contribution in [0.3, 0.4) is 0 Å². The fourth-order valence-corrected chi connectivity index (χ4v) is 0.696. The number of rotatable bonds is 5. The van der Waals surface area contributed by atoms with Crippen molar-refractivity contribution in [3.05, 3.63) is 0 Å². The van der Waals surface area contributed by atoms with Crippen LogP contribution >= 0.6 is 0 Å². The van der Waals surface area contributed by atoms with Crippen molar-refractivity contribution >= 4 is 17.7 Å². The van der Waals surface area contributed by atoms with Crippen LogP contribution in [0.4, 0.5) is 0 Å². The van der Waals surface area contributed by atoms with E-state index >= 15 is 0 Å². The average molecular weight is 174 g/mol. The second kappa shape index (κ2) is 4.45. The molecule has 0 saturated carbocycles. The molecule has 68 valence electrons. The van der Waals surface area contributed by atoms with Gasteiger partial charge in [0, 0.05) is 0 Å². The molecule has 0 rings (SSSR count). The predicted molar refractivity (Wildman–Crippen MR) is 39.3 cm³/mol. The minimum absolute atomic E-state index is 0.558. The molecule has 0 radical (unpaired) electrons. The van der Waals surface area contributed by atoms with Gasteiger partial charge in [-0.1, -0.05) is 0 Å². The summed E-state index contributed by atoms with van der Waals surface area (Å²) in [5.74, 6) is -2.89. The van der Waals surface area contributed by atoms with Crippen molar-refractivity contribution in [2.24, 2.45) is 5.73 Å². The van der Waals surface area contributed by atoms with E-state index in [2.05, 4.69) is 5.32 Å². The number of likely N-dealkylation sites (N-methyl/N-ethyl adjacent to an activating group) is 1. The van der Waals surface area contributed by atoms with Gasteiger partial charge in [0.1, 0.15) is 0 Å². The highest BCUT2D eigenvalue weighted by Gasteiger charge is 2.24. The maximum Gasteiger partial charge on any atom is 0.328 e. The van der Waals surface area contributed by atoms with Gasteiger partial charge in [0.05, 0.1) is 6.42 Å². The molecule has 12 heavy (non-hydrogen) atoms. The van der Waals surface area contributed by atoms with Gasteiger partial charge in [-0.3, -0.25) is 14.4 Å². The molecule has 0 aromatic heterocycles. The number of primary amides is 1. The highest BCUT2D eigenvalue weighted by Crippen LogP contribution is 1.90. The summed E-state index contributed by atoms with van der Waals surface area (Å²) in [6.07, 6.45) is -0.558. The number of carboxylic acid groups (broad SMARTS) is 1. The molecule has 0 saturated heterocycles. The Hall–Kier alpha value is -1.43. The van der Waals surface area contributed by atoms with Crippen molar-refractivity contribution in [3.8, 4) is 0 Å². The van der Waals surface area contributed by atoms with Crippen molar-refractivity contribution in [2.45, 2.75) is 12.5 Å². The summed E-state index contributed by atoms with van der Waals surface area (Å²) in [6.45, 7) is 0. The summed E-state index contributed by atoms with van der Waals surface area (Å²) < 4.78 is 0. The van der Waals surface area contributed by atoms with Crippen LogP contribution in [0.2, 0.25) is 0 Å². The molecule has 0 aromatic carbocycles. The van der Waals surface area contributed by atoms with Gasteiger partial charge in [0.15, 0.2) is 11.8 Å². The molecule has 0 unspecified atom stereocenters.